The van der Waals surface area contributed by atoms with Crippen LogP contribution in [0, 0.1) is 12.7 Å². The number of benzene rings is 2. The quantitative estimate of drug-likeness (QED) is 0.851. The van der Waals surface area contributed by atoms with E-state index in [1.165, 1.54) is 24.3 Å². The van der Waals surface area contributed by atoms with Gasteiger partial charge in [-0.3, -0.25) is 9.59 Å². The predicted molar refractivity (Wildman–Crippen MR) is 85.9 cm³/mol. The molecule has 0 aliphatic rings. The molecule has 0 bridgehead atoms. The smallest absolute Gasteiger partial charge is 0.310 e. The Hall–Kier alpha value is -2.40. The van der Waals surface area contributed by atoms with Crippen molar-refractivity contribution in [1.82, 2.24) is 0 Å². The molecule has 0 spiro atoms. The third-order valence-electron chi connectivity index (χ3n) is 3.08. The number of halogens is 2. The van der Waals surface area contributed by atoms with E-state index in [4.69, 9.17) is 16.3 Å². The maximum atomic E-state index is 12.8. The van der Waals surface area contributed by atoms with Crippen LogP contribution in [0.15, 0.2) is 42.5 Å². The molecule has 0 heterocycles. The maximum absolute atomic E-state index is 12.8. The number of esters is 1. The molecular formula is C17H15ClFNO3. The number of aryl methyl sites for hydroxylation is 1. The van der Waals surface area contributed by atoms with Crippen LogP contribution < -0.4 is 5.32 Å². The van der Waals surface area contributed by atoms with Crippen molar-refractivity contribution in [2.24, 2.45) is 0 Å². The summed E-state index contributed by atoms with van der Waals surface area (Å²) in [5, 5.41) is 3.12. The highest BCUT2D eigenvalue weighted by Gasteiger charge is 2.09. The summed E-state index contributed by atoms with van der Waals surface area (Å²) >= 11 is 5.96. The van der Waals surface area contributed by atoms with E-state index in [1.807, 2.05) is 6.92 Å². The van der Waals surface area contributed by atoms with E-state index in [9.17, 15) is 14.0 Å². The fourth-order valence-electron chi connectivity index (χ4n) is 1.83. The predicted octanol–water partition coefficient (Wildman–Crippen LogP) is 3.51. The van der Waals surface area contributed by atoms with Gasteiger partial charge in [0, 0.05) is 10.7 Å². The lowest BCUT2D eigenvalue weighted by molar-refractivity contribution is -0.146. The largest absolute Gasteiger partial charge is 0.455 e. The molecule has 2 aromatic carbocycles. The first kappa shape index (κ1) is 17.0. The van der Waals surface area contributed by atoms with E-state index >= 15 is 0 Å². The van der Waals surface area contributed by atoms with Crippen LogP contribution >= 0.6 is 11.6 Å². The zero-order valence-corrected chi connectivity index (χ0v) is 13.2. The molecule has 0 aliphatic carbocycles. The van der Waals surface area contributed by atoms with Crippen molar-refractivity contribution < 1.29 is 18.7 Å². The standard InChI is InChI=1S/C17H15ClFNO3/c1-11-2-7-14(9-15(11)18)20-16(21)10-23-17(22)8-12-3-5-13(19)6-4-12/h2-7,9H,8,10H2,1H3,(H,20,21). The number of hydrogen-bond acceptors (Lipinski definition) is 3. The molecule has 2 aromatic rings. The minimum absolute atomic E-state index is 0.0239. The number of carbonyl (C=O) groups excluding carboxylic acids is 2. The molecule has 0 radical (unpaired) electrons. The van der Waals surface area contributed by atoms with Gasteiger partial charge in [0.2, 0.25) is 0 Å². The lowest BCUT2D eigenvalue weighted by Crippen LogP contribution is -2.21. The lowest BCUT2D eigenvalue weighted by atomic mass is 10.1. The van der Waals surface area contributed by atoms with E-state index in [0.717, 1.165) is 5.56 Å². The average Bonchev–Trinajstić information content (AvgIpc) is 2.51. The number of anilines is 1. The number of nitrogens with one attached hydrogen (secondary N) is 1. The molecule has 0 atom stereocenters. The Morgan fingerprint density at radius 2 is 1.87 bits per heavy atom. The number of amides is 1. The zero-order valence-electron chi connectivity index (χ0n) is 12.4. The normalized spacial score (nSPS) is 10.2. The number of ether oxygens (including phenoxy) is 1. The van der Waals surface area contributed by atoms with Crippen LogP contribution in [0.5, 0.6) is 0 Å². The van der Waals surface area contributed by atoms with Crippen LogP contribution in [0.2, 0.25) is 5.02 Å². The first-order chi connectivity index (χ1) is 10.9. The molecule has 4 nitrogen and oxygen atoms in total. The van der Waals surface area contributed by atoms with Gasteiger partial charge in [0.1, 0.15) is 5.82 Å². The number of rotatable bonds is 5. The summed E-state index contributed by atoms with van der Waals surface area (Å²) in [4.78, 5) is 23.4. The highest BCUT2D eigenvalue weighted by atomic mass is 35.5. The third-order valence-corrected chi connectivity index (χ3v) is 3.49. The molecular weight excluding hydrogens is 321 g/mol. The monoisotopic (exact) mass is 335 g/mol. The Kier molecular flexibility index (Phi) is 5.71. The van der Waals surface area contributed by atoms with Crippen LogP contribution in [0.3, 0.4) is 0 Å². The highest BCUT2D eigenvalue weighted by Crippen LogP contribution is 2.19. The van der Waals surface area contributed by atoms with E-state index in [1.54, 1.807) is 18.2 Å². The summed E-state index contributed by atoms with van der Waals surface area (Å²) in [5.41, 5.74) is 2.04. The van der Waals surface area contributed by atoms with Crippen molar-refractivity contribution in [2.75, 3.05) is 11.9 Å². The molecule has 0 saturated carbocycles. The first-order valence-corrected chi connectivity index (χ1v) is 7.28. The van der Waals surface area contributed by atoms with Gasteiger partial charge in [0.05, 0.1) is 6.42 Å². The Labute approximate surface area is 138 Å². The van der Waals surface area contributed by atoms with Gasteiger partial charge in [-0.25, -0.2) is 4.39 Å². The second-order valence-electron chi connectivity index (χ2n) is 4.98. The van der Waals surface area contributed by atoms with Crippen molar-refractivity contribution in [3.05, 3.63) is 64.4 Å². The lowest BCUT2D eigenvalue weighted by Gasteiger charge is -2.08. The Morgan fingerprint density at radius 3 is 2.52 bits per heavy atom. The van der Waals surface area contributed by atoms with Crippen LogP contribution in [0.1, 0.15) is 11.1 Å². The van der Waals surface area contributed by atoms with Gasteiger partial charge in [0.25, 0.3) is 5.91 Å². The molecule has 0 aromatic heterocycles. The minimum Gasteiger partial charge on any atom is -0.455 e. The van der Waals surface area contributed by atoms with Crippen LogP contribution in [-0.4, -0.2) is 18.5 Å². The average molecular weight is 336 g/mol. The van der Waals surface area contributed by atoms with Gasteiger partial charge >= 0.3 is 5.97 Å². The summed E-state index contributed by atoms with van der Waals surface area (Å²) in [6, 6.07) is 10.6. The second kappa shape index (κ2) is 7.74. The van der Waals surface area contributed by atoms with E-state index in [0.29, 0.717) is 16.3 Å². The molecule has 23 heavy (non-hydrogen) atoms. The number of hydrogen-bond donors (Lipinski definition) is 1. The summed E-state index contributed by atoms with van der Waals surface area (Å²) in [6.07, 6.45) is -0.0239. The van der Waals surface area contributed by atoms with Gasteiger partial charge in [-0.15, -0.1) is 0 Å². The molecule has 0 aliphatic heterocycles. The first-order valence-electron chi connectivity index (χ1n) is 6.90. The molecule has 0 saturated heterocycles. The van der Waals surface area contributed by atoms with Gasteiger partial charge in [-0.05, 0) is 42.3 Å². The van der Waals surface area contributed by atoms with Gasteiger partial charge < -0.3 is 10.1 Å². The Morgan fingerprint density at radius 1 is 1.17 bits per heavy atom. The molecule has 2 rings (SSSR count). The van der Waals surface area contributed by atoms with E-state index in [2.05, 4.69) is 5.32 Å². The summed E-state index contributed by atoms with van der Waals surface area (Å²) in [6.45, 7) is 1.46. The minimum atomic E-state index is -0.561. The molecule has 6 heteroatoms. The van der Waals surface area contributed by atoms with Gasteiger partial charge in [0.15, 0.2) is 6.61 Å². The fraction of sp³-hybridized carbons (Fsp3) is 0.176. The van der Waals surface area contributed by atoms with Crippen molar-refractivity contribution in [2.45, 2.75) is 13.3 Å². The topological polar surface area (TPSA) is 55.4 Å². The molecule has 1 amide bonds. The Bertz CT molecular complexity index is 716. The van der Waals surface area contributed by atoms with E-state index < -0.39 is 18.5 Å². The zero-order chi connectivity index (χ0) is 16.8. The van der Waals surface area contributed by atoms with Crippen LogP contribution in [-0.2, 0) is 20.7 Å². The molecule has 0 fully saturated rings. The van der Waals surface area contributed by atoms with Crippen molar-refractivity contribution >= 4 is 29.2 Å². The van der Waals surface area contributed by atoms with Crippen LogP contribution in [0.4, 0.5) is 10.1 Å². The SMILES string of the molecule is Cc1ccc(NC(=O)COC(=O)Cc2ccc(F)cc2)cc1Cl. The summed E-state index contributed by atoms with van der Waals surface area (Å²) in [5.74, 6) is -1.40. The van der Waals surface area contributed by atoms with Crippen LogP contribution in [0.25, 0.3) is 0 Å². The van der Waals surface area contributed by atoms with Crippen molar-refractivity contribution in [3.63, 3.8) is 0 Å². The molecule has 1 N–H and O–H groups in total. The maximum Gasteiger partial charge on any atom is 0.310 e. The third kappa shape index (κ3) is 5.38. The van der Waals surface area contributed by atoms with Gasteiger partial charge in [-0.1, -0.05) is 29.8 Å². The number of carbonyl (C=O) groups is 2. The highest BCUT2D eigenvalue weighted by molar-refractivity contribution is 6.31. The summed E-state index contributed by atoms with van der Waals surface area (Å²) < 4.78 is 17.6. The second-order valence-corrected chi connectivity index (χ2v) is 5.38. The van der Waals surface area contributed by atoms with E-state index in [-0.39, 0.29) is 12.2 Å². The van der Waals surface area contributed by atoms with Crippen molar-refractivity contribution in [3.8, 4) is 0 Å². The van der Waals surface area contributed by atoms with Gasteiger partial charge in [-0.2, -0.15) is 0 Å². The fourth-order valence-corrected chi connectivity index (χ4v) is 2.01. The summed E-state index contributed by atoms with van der Waals surface area (Å²) in [7, 11) is 0. The molecule has 120 valence electrons. The van der Waals surface area contributed by atoms with Crippen molar-refractivity contribution in [1.29, 1.82) is 0 Å². The molecule has 0 unspecified atom stereocenters. The Balaban J connectivity index is 1.80.